The molecule has 0 unspecified atom stereocenters. The summed E-state index contributed by atoms with van der Waals surface area (Å²) in [6, 6.07) is 14.6. The molecule has 1 heteroatoms. The van der Waals surface area contributed by atoms with E-state index in [1.54, 1.807) is 0 Å². The van der Waals surface area contributed by atoms with Gasteiger partial charge in [0.15, 0.2) is 0 Å². The van der Waals surface area contributed by atoms with E-state index in [2.05, 4.69) is 98.7 Å². The van der Waals surface area contributed by atoms with Crippen LogP contribution in [-0.2, 0) is 19.3 Å². The molecule has 3 rings (SSSR count). The summed E-state index contributed by atoms with van der Waals surface area (Å²) in [5, 5.41) is 0. The lowest BCUT2D eigenvalue weighted by Gasteiger charge is -2.26. The van der Waals surface area contributed by atoms with Crippen molar-refractivity contribution in [3.05, 3.63) is 86.5 Å². The van der Waals surface area contributed by atoms with Gasteiger partial charge in [-0.3, -0.25) is 0 Å². The minimum atomic E-state index is 0.261. The lowest BCUT2D eigenvalue weighted by molar-refractivity contribution is 0.790. The van der Waals surface area contributed by atoms with Crippen molar-refractivity contribution in [2.24, 2.45) is 0 Å². The van der Waals surface area contributed by atoms with E-state index < -0.39 is 0 Å². The Morgan fingerprint density at radius 3 is 0.919 bits per heavy atom. The average molecular weight is 495 g/mol. The first-order valence-electron chi connectivity index (χ1n) is 15.0. The van der Waals surface area contributed by atoms with Crippen LogP contribution in [0.15, 0.2) is 36.4 Å². The van der Waals surface area contributed by atoms with Crippen LogP contribution < -0.4 is 16.4 Å². The standard InChI is InChI=1S/C36H51B/c1-10-13-16-31-19-22-34(28(7)25(31)4)37(35-23-20-32(17-14-11-2)26(5)29(35)8)36-24-21-33(18-15-12-3)27(6)30(36)9/h19-24H,10-18H2,1-9H3. The number of rotatable bonds is 12. The van der Waals surface area contributed by atoms with Gasteiger partial charge in [-0.25, -0.2) is 0 Å². The third kappa shape index (κ3) is 6.42. The maximum Gasteiger partial charge on any atom is 0.242 e. The lowest BCUT2D eigenvalue weighted by atomic mass is 9.34. The van der Waals surface area contributed by atoms with Gasteiger partial charge < -0.3 is 0 Å². The summed E-state index contributed by atoms with van der Waals surface area (Å²) in [5.41, 5.74) is 17.9. The largest absolute Gasteiger partial charge is 0.242 e. The molecule has 0 aliphatic heterocycles. The van der Waals surface area contributed by atoms with Crippen LogP contribution >= 0.6 is 0 Å². The van der Waals surface area contributed by atoms with Gasteiger partial charge in [0.05, 0.1) is 0 Å². The first-order chi connectivity index (χ1) is 17.8. The molecular weight excluding hydrogens is 443 g/mol. The molecule has 0 saturated carbocycles. The van der Waals surface area contributed by atoms with E-state index in [1.807, 2.05) is 0 Å². The summed E-state index contributed by atoms with van der Waals surface area (Å²) in [6.07, 6.45) is 11.1. The van der Waals surface area contributed by atoms with Crippen LogP contribution in [0.1, 0.15) is 109 Å². The van der Waals surface area contributed by atoms with Crippen molar-refractivity contribution < 1.29 is 0 Å². The predicted octanol–water partition coefficient (Wildman–Crippen LogP) is 8.08. The van der Waals surface area contributed by atoms with E-state index in [0.717, 1.165) is 0 Å². The summed E-state index contributed by atoms with van der Waals surface area (Å²) < 4.78 is 0. The first kappa shape index (κ1) is 29.3. The summed E-state index contributed by atoms with van der Waals surface area (Å²) in [5.74, 6) is 0. The van der Waals surface area contributed by atoms with E-state index in [1.165, 1.54) is 124 Å². The van der Waals surface area contributed by atoms with Crippen molar-refractivity contribution in [1.29, 1.82) is 0 Å². The molecule has 0 N–H and O–H groups in total. The second kappa shape index (κ2) is 13.5. The summed E-state index contributed by atoms with van der Waals surface area (Å²) in [6.45, 7) is 21.3. The molecule has 0 saturated heterocycles. The molecule has 37 heavy (non-hydrogen) atoms. The Hall–Kier alpha value is -2.28. The van der Waals surface area contributed by atoms with Crippen LogP contribution in [0.5, 0.6) is 0 Å². The van der Waals surface area contributed by atoms with Crippen LogP contribution in [-0.4, -0.2) is 6.71 Å². The second-order valence-electron chi connectivity index (χ2n) is 11.4. The fraction of sp³-hybridized carbons (Fsp3) is 0.500. The minimum absolute atomic E-state index is 0.261. The highest BCUT2D eigenvalue weighted by atomic mass is 14.2. The Bertz CT molecular complexity index is 1050. The van der Waals surface area contributed by atoms with Crippen LogP contribution in [0, 0.1) is 41.5 Å². The van der Waals surface area contributed by atoms with Crippen LogP contribution in [0.2, 0.25) is 0 Å². The van der Waals surface area contributed by atoms with Crippen LogP contribution in [0.3, 0.4) is 0 Å². The van der Waals surface area contributed by atoms with Crippen LogP contribution in [0.4, 0.5) is 0 Å². The molecule has 0 aromatic heterocycles. The van der Waals surface area contributed by atoms with Gasteiger partial charge in [0, 0.05) is 0 Å². The van der Waals surface area contributed by atoms with Gasteiger partial charge in [-0.05, 0) is 113 Å². The molecular formula is C36H51B. The number of hydrogen-bond acceptors (Lipinski definition) is 0. The molecule has 0 bridgehead atoms. The molecule has 0 radical (unpaired) electrons. The number of benzene rings is 3. The smallest absolute Gasteiger partial charge is 0.0664 e. The van der Waals surface area contributed by atoms with Gasteiger partial charge in [-0.2, -0.15) is 0 Å². The third-order valence-corrected chi connectivity index (χ3v) is 9.16. The Morgan fingerprint density at radius 1 is 0.405 bits per heavy atom. The quantitative estimate of drug-likeness (QED) is 0.223. The van der Waals surface area contributed by atoms with E-state index in [9.17, 15) is 0 Å². The Labute approximate surface area is 229 Å². The molecule has 0 fully saturated rings. The van der Waals surface area contributed by atoms with Gasteiger partial charge in [0.1, 0.15) is 0 Å². The molecule has 0 aliphatic carbocycles. The molecule has 198 valence electrons. The van der Waals surface area contributed by atoms with Crippen molar-refractivity contribution in [3.8, 4) is 0 Å². The number of hydrogen-bond donors (Lipinski definition) is 0. The maximum atomic E-state index is 2.46. The predicted molar refractivity (Wildman–Crippen MR) is 168 cm³/mol. The Kier molecular flexibility index (Phi) is 10.7. The molecule has 0 aliphatic rings. The molecule has 3 aromatic carbocycles. The summed E-state index contributed by atoms with van der Waals surface area (Å²) in [4.78, 5) is 0. The van der Waals surface area contributed by atoms with Crippen molar-refractivity contribution in [3.63, 3.8) is 0 Å². The highest BCUT2D eigenvalue weighted by molar-refractivity contribution is 6.96. The topological polar surface area (TPSA) is 0 Å². The zero-order valence-corrected chi connectivity index (χ0v) is 25.4. The van der Waals surface area contributed by atoms with Gasteiger partial charge in [-0.1, -0.05) is 110 Å². The first-order valence-corrected chi connectivity index (χ1v) is 15.0. The SMILES string of the molecule is CCCCc1ccc(B(c2ccc(CCCC)c(C)c2C)c2ccc(CCCC)c(C)c2C)c(C)c1C. The van der Waals surface area contributed by atoms with Crippen molar-refractivity contribution in [2.45, 2.75) is 120 Å². The van der Waals surface area contributed by atoms with Gasteiger partial charge in [-0.15, -0.1) is 0 Å². The molecule has 0 spiro atoms. The zero-order chi connectivity index (χ0) is 27.1. The number of unbranched alkanes of at least 4 members (excludes halogenated alkanes) is 3. The Morgan fingerprint density at radius 2 is 0.676 bits per heavy atom. The summed E-state index contributed by atoms with van der Waals surface area (Å²) in [7, 11) is 0. The fourth-order valence-corrected chi connectivity index (χ4v) is 6.05. The molecule has 0 heterocycles. The zero-order valence-electron chi connectivity index (χ0n) is 25.4. The van der Waals surface area contributed by atoms with E-state index in [-0.39, 0.29) is 6.71 Å². The van der Waals surface area contributed by atoms with Gasteiger partial charge in [0.2, 0.25) is 6.71 Å². The monoisotopic (exact) mass is 494 g/mol. The minimum Gasteiger partial charge on any atom is -0.0664 e. The second-order valence-corrected chi connectivity index (χ2v) is 11.4. The third-order valence-electron chi connectivity index (χ3n) is 9.16. The molecule has 0 nitrogen and oxygen atoms in total. The average Bonchev–Trinajstić information content (AvgIpc) is 2.89. The van der Waals surface area contributed by atoms with Gasteiger partial charge >= 0.3 is 0 Å². The molecule has 3 aromatic rings. The highest BCUT2D eigenvalue weighted by Crippen LogP contribution is 2.20. The summed E-state index contributed by atoms with van der Waals surface area (Å²) >= 11 is 0. The van der Waals surface area contributed by atoms with E-state index in [0.29, 0.717) is 0 Å². The number of aryl methyl sites for hydroxylation is 3. The van der Waals surface area contributed by atoms with Gasteiger partial charge in [0.25, 0.3) is 0 Å². The molecule has 0 amide bonds. The van der Waals surface area contributed by atoms with Crippen LogP contribution in [0.25, 0.3) is 0 Å². The van der Waals surface area contributed by atoms with E-state index >= 15 is 0 Å². The van der Waals surface area contributed by atoms with Crippen molar-refractivity contribution in [2.75, 3.05) is 0 Å². The van der Waals surface area contributed by atoms with Crippen molar-refractivity contribution >= 4 is 23.1 Å². The molecule has 0 atom stereocenters. The van der Waals surface area contributed by atoms with E-state index in [4.69, 9.17) is 0 Å². The Balaban J connectivity index is 2.23. The van der Waals surface area contributed by atoms with Crippen molar-refractivity contribution in [1.82, 2.24) is 0 Å². The maximum absolute atomic E-state index is 2.46. The fourth-order valence-electron chi connectivity index (χ4n) is 6.05. The highest BCUT2D eigenvalue weighted by Gasteiger charge is 2.29. The normalized spacial score (nSPS) is 11.3. The lowest BCUT2D eigenvalue weighted by Crippen LogP contribution is -2.55.